The Kier molecular flexibility index (Phi) is 7.37. The van der Waals surface area contributed by atoms with E-state index < -0.39 is 0 Å². The van der Waals surface area contributed by atoms with Crippen LogP contribution in [0.15, 0.2) is 24.3 Å². The molecule has 1 heterocycles. The van der Waals surface area contributed by atoms with Gasteiger partial charge in [0, 0.05) is 54.4 Å². The van der Waals surface area contributed by atoms with Crippen LogP contribution in [-0.4, -0.2) is 62.0 Å². The predicted octanol–water partition coefficient (Wildman–Crippen LogP) is 2.76. The first kappa shape index (κ1) is 18.3. The van der Waals surface area contributed by atoms with Crippen LogP contribution >= 0.6 is 23.2 Å². The molecule has 23 heavy (non-hydrogen) atoms. The van der Waals surface area contributed by atoms with Gasteiger partial charge in [-0.25, -0.2) is 0 Å². The Morgan fingerprint density at radius 1 is 1.22 bits per heavy atom. The highest BCUT2D eigenvalue weighted by atomic mass is 35.5. The Morgan fingerprint density at radius 2 is 1.87 bits per heavy atom. The third-order valence-electron chi connectivity index (χ3n) is 3.95. The van der Waals surface area contributed by atoms with Crippen molar-refractivity contribution in [1.82, 2.24) is 15.1 Å². The minimum atomic E-state index is -0.126. The molecule has 0 aromatic heterocycles. The molecule has 1 amide bonds. The Balaban J connectivity index is 1.68. The van der Waals surface area contributed by atoms with Gasteiger partial charge < -0.3 is 15.1 Å². The van der Waals surface area contributed by atoms with Crippen molar-refractivity contribution < 1.29 is 4.79 Å². The zero-order valence-corrected chi connectivity index (χ0v) is 14.9. The molecule has 0 saturated carbocycles. The van der Waals surface area contributed by atoms with E-state index in [1.165, 1.54) is 6.08 Å². The molecule has 2 rings (SSSR count). The molecular weight excluding hydrogens is 333 g/mol. The topological polar surface area (TPSA) is 35.6 Å². The summed E-state index contributed by atoms with van der Waals surface area (Å²) < 4.78 is 0. The Hall–Kier alpha value is -1.07. The Morgan fingerprint density at radius 3 is 2.52 bits per heavy atom. The SMILES string of the molecule is CN1CCN(CCCNC(=O)/C=C/c2c(Cl)cccc2Cl)CC1. The van der Waals surface area contributed by atoms with Gasteiger partial charge in [0.25, 0.3) is 0 Å². The molecule has 1 N–H and O–H groups in total. The van der Waals surface area contributed by atoms with Crippen LogP contribution in [0.4, 0.5) is 0 Å². The molecule has 0 spiro atoms. The number of piperazine rings is 1. The van der Waals surface area contributed by atoms with E-state index in [1.807, 2.05) is 0 Å². The second kappa shape index (κ2) is 9.28. The highest BCUT2D eigenvalue weighted by Gasteiger charge is 2.12. The lowest BCUT2D eigenvalue weighted by Crippen LogP contribution is -2.45. The van der Waals surface area contributed by atoms with E-state index >= 15 is 0 Å². The maximum absolute atomic E-state index is 11.8. The Bertz CT molecular complexity index is 535. The van der Waals surface area contributed by atoms with Crippen LogP contribution in [0.3, 0.4) is 0 Å². The molecule has 1 aliphatic rings. The highest BCUT2D eigenvalue weighted by Crippen LogP contribution is 2.25. The number of carbonyl (C=O) groups is 1. The number of nitrogens with zero attached hydrogens (tertiary/aromatic N) is 2. The van der Waals surface area contributed by atoms with Gasteiger partial charge in [-0.2, -0.15) is 0 Å². The number of halogens is 2. The fraction of sp³-hybridized carbons (Fsp3) is 0.471. The minimum Gasteiger partial charge on any atom is -0.353 e. The van der Waals surface area contributed by atoms with Crippen molar-refractivity contribution in [2.24, 2.45) is 0 Å². The van der Waals surface area contributed by atoms with Crippen molar-refractivity contribution in [3.63, 3.8) is 0 Å². The molecule has 1 fully saturated rings. The standard InChI is InChI=1S/C17H23Cl2N3O/c1-21-10-12-22(13-11-21)9-3-8-20-17(23)7-6-14-15(18)4-2-5-16(14)19/h2,4-7H,3,8-13H2,1H3,(H,20,23)/b7-6+. The lowest BCUT2D eigenvalue weighted by Gasteiger charge is -2.32. The molecule has 0 atom stereocenters. The minimum absolute atomic E-state index is 0.126. The predicted molar refractivity (Wildman–Crippen MR) is 97.1 cm³/mol. The van der Waals surface area contributed by atoms with Crippen molar-refractivity contribution in [2.75, 3.05) is 46.3 Å². The molecule has 1 aromatic rings. The first-order chi connectivity index (χ1) is 11.1. The van der Waals surface area contributed by atoms with E-state index in [0.29, 0.717) is 22.2 Å². The lowest BCUT2D eigenvalue weighted by molar-refractivity contribution is -0.116. The summed E-state index contributed by atoms with van der Waals surface area (Å²) in [5.74, 6) is -0.126. The first-order valence-electron chi connectivity index (χ1n) is 7.87. The molecular formula is C17H23Cl2N3O. The average molecular weight is 356 g/mol. The van der Waals surface area contributed by atoms with Gasteiger partial charge in [0.15, 0.2) is 0 Å². The summed E-state index contributed by atoms with van der Waals surface area (Å²) in [4.78, 5) is 16.6. The summed E-state index contributed by atoms with van der Waals surface area (Å²) in [6.45, 7) is 6.14. The van der Waals surface area contributed by atoms with Gasteiger partial charge in [0.05, 0.1) is 0 Å². The molecule has 126 valence electrons. The molecule has 0 radical (unpaired) electrons. The van der Waals surface area contributed by atoms with Gasteiger partial charge in [0.1, 0.15) is 0 Å². The molecule has 1 saturated heterocycles. The van der Waals surface area contributed by atoms with Crippen LogP contribution in [-0.2, 0) is 4.79 Å². The quantitative estimate of drug-likeness (QED) is 0.629. The second-order valence-electron chi connectivity index (χ2n) is 5.76. The van der Waals surface area contributed by atoms with E-state index in [1.54, 1.807) is 24.3 Å². The maximum Gasteiger partial charge on any atom is 0.244 e. The number of benzene rings is 1. The smallest absolute Gasteiger partial charge is 0.244 e. The molecule has 0 unspecified atom stereocenters. The average Bonchev–Trinajstić information content (AvgIpc) is 2.53. The van der Waals surface area contributed by atoms with Crippen LogP contribution in [0.1, 0.15) is 12.0 Å². The maximum atomic E-state index is 11.8. The summed E-state index contributed by atoms with van der Waals surface area (Å²) in [6.07, 6.45) is 4.08. The summed E-state index contributed by atoms with van der Waals surface area (Å²) >= 11 is 12.1. The number of likely N-dealkylation sites (N-methyl/N-ethyl adjacent to an activating group) is 1. The van der Waals surface area contributed by atoms with Crippen molar-refractivity contribution in [3.05, 3.63) is 39.9 Å². The summed E-state index contributed by atoms with van der Waals surface area (Å²) in [5.41, 5.74) is 0.670. The van der Waals surface area contributed by atoms with Gasteiger partial charge in [-0.05, 0) is 38.2 Å². The van der Waals surface area contributed by atoms with Gasteiger partial charge in [-0.1, -0.05) is 29.3 Å². The largest absolute Gasteiger partial charge is 0.353 e. The van der Waals surface area contributed by atoms with Gasteiger partial charge >= 0.3 is 0 Å². The fourth-order valence-electron chi connectivity index (χ4n) is 2.47. The third kappa shape index (κ3) is 6.15. The lowest BCUT2D eigenvalue weighted by atomic mass is 10.2. The molecule has 0 bridgehead atoms. The zero-order chi connectivity index (χ0) is 16.7. The van der Waals surface area contributed by atoms with Crippen LogP contribution in [0.5, 0.6) is 0 Å². The normalized spacial score (nSPS) is 16.8. The van der Waals surface area contributed by atoms with Gasteiger partial charge in [-0.15, -0.1) is 0 Å². The molecule has 4 nitrogen and oxygen atoms in total. The Labute approximate surface area is 148 Å². The monoisotopic (exact) mass is 355 g/mol. The van der Waals surface area contributed by atoms with Crippen LogP contribution in [0.2, 0.25) is 10.0 Å². The highest BCUT2D eigenvalue weighted by molar-refractivity contribution is 6.37. The first-order valence-corrected chi connectivity index (χ1v) is 8.62. The number of amides is 1. The number of hydrogen-bond acceptors (Lipinski definition) is 3. The van der Waals surface area contributed by atoms with Gasteiger partial charge in [-0.3, -0.25) is 4.79 Å². The van der Waals surface area contributed by atoms with Gasteiger partial charge in [0.2, 0.25) is 5.91 Å². The van der Waals surface area contributed by atoms with E-state index in [2.05, 4.69) is 22.2 Å². The van der Waals surface area contributed by atoms with Crippen molar-refractivity contribution in [1.29, 1.82) is 0 Å². The molecule has 6 heteroatoms. The van der Waals surface area contributed by atoms with Crippen LogP contribution in [0.25, 0.3) is 6.08 Å². The number of carbonyl (C=O) groups excluding carboxylic acids is 1. The number of rotatable bonds is 6. The fourth-order valence-corrected chi connectivity index (χ4v) is 3.00. The van der Waals surface area contributed by atoms with Crippen molar-refractivity contribution >= 4 is 35.2 Å². The van der Waals surface area contributed by atoms with E-state index in [4.69, 9.17) is 23.2 Å². The van der Waals surface area contributed by atoms with Crippen molar-refractivity contribution in [2.45, 2.75) is 6.42 Å². The number of hydrogen-bond donors (Lipinski definition) is 1. The third-order valence-corrected chi connectivity index (χ3v) is 4.61. The van der Waals surface area contributed by atoms with Crippen LogP contribution in [0, 0.1) is 0 Å². The second-order valence-corrected chi connectivity index (χ2v) is 6.57. The van der Waals surface area contributed by atoms with E-state index in [-0.39, 0.29) is 5.91 Å². The van der Waals surface area contributed by atoms with E-state index in [0.717, 1.165) is 39.1 Å². The van der Waals surface area contributed by atoms with Crippen molar-refractivity contribution in [3.8, 4) is 0 Å². The summed E-state index contributed by atoms with van der Waals surface area (Å²) in [6, 6.07) is 5.28. The molecule has 1 aromatic carbocycles. The summed E-state index contributed by atoms with van der Waals surface area (Å²) in [5, 5.41) is 3.97. The zero-order valence-electron chi connectivity index (χ0n) is 13.4. The van der Waals surface area contributed by atoms with Crippen LogP contribution < -0.4 is 5.32 Å². The van der Waals surface area contributed by atoms with E-state index in [9.17, 15) is 4.79 Å². The molecule has 0 aliphatic carbocycles. The summed E-state index contributed by atoms with van der Waals surface area (Å²) in [7, 11) is 2.15. The molecule has 1 aliphatic heterocycles. The number of nitrogens with one attached hydrogen (secondary N) is 1.